The third kappa shape index (κ3) is 4.96. The Bertz CT molecular complexity index is 733. The van der Waals surface area contributed by atoms with Gasteiger partial charge >= 0.3 is 0 Å². The van der Waals surface area contributed by atoms with Crippen LogP contribution in [0.1, 0.15) is 17.9 Å². The third-order valence-corrected chi connectivity index (χ3v) is 4.72. The van der Waals surface area contributed by atoms with Crippen LogP contribution < -0.4 is 5.32 Å². The number of nitrogens with zero attached hydrogens (tertiary/aromatic N) is 1. The second kappa shape index (κ2) is 7.06. The van der Waals surface area contributed by atoms with Crippen LogP contribution >= 0.6 is 11.3 Å². The topological polar surface area (TPSA) is 89.3 Å². The predicted molar refractivity (Wildman–Crippen MR) is 85.6 cm³/mol. The summed E-state index contributed by atoms with van der Waals surface area (Å²) in [6, 6.07) is 1.91. The number of oxazole rings is 1. The number of thiophene rings is 1. The van der Waals surface area contributed by atoms with E-state index < -0.39 is 9.84 Å². The summed E-state index contributed by atoms with van der Waals surface area (Å²) >= 11 is 1.55. The molecule has 2 rings (SSSR count). The van der Waals surface area contributed by atoms with Crippen molar-refractivity contribution in [2.24, 2.45) is 0 Å². The molecule has 8 heteroatoms. The number of aromatic nitrogens is 1. The summed E-state index contributed by atoms with van der Waals surface area (Å²) < 4.78 is 27.6. The predicted octanol–water partition coefficient (Wildman–Crippen LogP) is 1.80. The number of sulfone groups is 1. The van der Waals surface area contributed by atoms with Gasteiger partial charge in [0.05, 0.1) is 17.9 Å². The molecule has 0 saturated heterocycles. The number of amides is 1. The summed E-state index contributed by atoms with van der Waals surface area (Å²) in [5, 5.41) is 6.56. The Hall–Kier alpha value is -1.67. The lowest BCUT2D eigenvalue weighted by Gasteiger charge is -2.03. The molecule has 0 aliphatic carbocycles. The lowest BCUT2D eigenvalue weighted by atomic mass is 10.2. The van der Waals surface area contributed by atoms with Gasteiger partial charge in [-0.15, -0.1) is 0 Å². The second-order valence-electron chi connectivity index (χ2n) is 5.04. The summed E-state index contributed by atoms with van der Waals surface area (Å²) in [6.45, 7) is 2.11. The standard InChI is InChI=1S/C14H18N2O4S2/c1-10-12(16-14(20-10)11-4-6-21-9-11)8-13(17)15-5-3-7-22(2,18)19/h4,6,9H,3,5,7-8H2,1-2H3,(H,15,17). The van der Waals surface area contributed by atoms with Crippen LogP contribution in [-0.4, -0.2) is 37.9 Å². The highest BCUT2D eigenvalue weighted by Gasteiger charge is 2.14. The van der Waals surface area contributed by atoms with Crippen molar-refractivity contribution in [1.82, 2.24) is 10.3 Å². The van der Waals surface area contributed by atoms with Crippen molar-refractivity contribution in [1.29, 1.82) is 0 Å². The SMILES string of the molecule is Cc1oc(-c2ccsc2)nc1CC(=O)NCCCS(C)(=O)=O. The van der Waals surface area contributed by atoms with E-state index in [1.165, 1.54) is 6.26 Å². The molecule has 0 fully saturated rings. The van der Waals surface area contributed by atoms with Gasteiger partial charge in [0.25, 0.3) is 0 Å². The molecule has 0 spiro atoms. The second-order valence-corrected chi connectivity index (χ2v) is 8.08. The minimum absolute atomic E-state index is 0.0680. The molecule has 2 heterocycles. The molecule has 1 N–H and O–H groups in total. The molecule has 0 aliphatic heterocycles. The lowest BCUT2D eigenvalue weighted by molar-refractivity contribution is -0.120. The van der Waals surface area contributed by atoms with Gasteiger partial charge in [-0.05, 0) is 24.8 Å². The van der Waals surface area contributed by atoms with Gasteiger partial charge in [0.1, 0.15) is 15.6 Å². The largest absolute Gasteiger partial charge is 0.441 e. The highest BCUT2D eigenvalue weighted by molar-refractivity contribution is 7.90. The molecule has 1 amide bonds. The van der Waals surface area contributed by atoms with Crippen LogP contribution in [0.4, 0.5) is 0 Å². The Morgan fingerprint density at radius 2 is 2.23 bits per heavy atom. The average molecular weight is 342 g/mol. The molecule has 22 heavy (non-hydrogen) atoms. The minimum Gasteiger partial charge on any atom is -0.441 e. The summed E-state index contributed by atoms with van der Waals surface area (Å²) in [5.74, 6) is 1.01. The first kappa shape index (κ1) is 16.7. The maximum atomic E-state index is 11.8. The van der Waals surface area contributed by atoms with E-state index in [2.05, 4.69) is 10.3 Å². The van der Waals surface area contributed by atoms with Gasteiger partial charge in [0, 0.05) is 23.7 Å². The number of carbonyl (C=O) groups excluding carboxylic acids is 1. The van der Waals surface area contributed by atoms with Crippen LogP contribution in [0.5, 0.6) is 0 Å². The molecule has 0 atom stereocenters. The number of carbonyl (C=O) groups is 1. The molecule has 0 aliphatic rings. The van der Waals surface area contributed by atoms with E-state index in [4.69, 9.17) is 4.42 Å². The zero-order valence-corrected chi connectivity index (χ0v) is 14.1. The van der Waals surface area contributed by atoms with Gasteiger partial charge < -0.3 is 9.73 Å². The Balaban J connectivity index is 1.87. The van der Waals surface area contributed by atoms with Crippen LogP contribution in [0.2, 0.25) is 0 Å². The molecule has 6 nitrogen and oxygen atoms in total. The first-order valence-electron chi connectivity index (χ1n) is 6.78. The van der Waals surface area contributed by atoms with Gasteiger partial charge in [-0.1, -0.05) is 0 Å². The van der Waals surface area contributed by atoms with Gasteiger partial charge in [0.2, 0.25) is 11.8 Å². The third-order valence-electron chi connectivity index (χ3n) is 3.00. The smallest absolute Gasteiger partial charge is 0.227 e. The van der Waals surface area contributed by atoms with E-state index in [1.54, 1.807) is 18.3 Å². The maximum absolute atomic E-state index is 11.8. The van der Waals surface area contributed by atoms with Crippen molar-refractivity contribution in [3.63, 3.8) is 0 Å². The molecule has 0 bridgehead atoms. The van der Waals surface area contributed by atoms with Crippen molar-refractivity contribution in [2.75, 3.05) is 18.6 Å². The summed E-state index contributed by atoms with van der Waals surface area (Å²) in [6.07, 6.45) is 1.71. The number of rotatable bonds is 7. The monoisotopic (exact) mass is 342 g/mol. The van der Waals surface area contributed by atoms with Gasteiger partial charge in [-0.2, -0.15) is 11.3 Å². The molecule has 0 unspecified atom stereocenters. The number of hydrogen-bond acceptors (Lipinski definition) is 6. The van der Waals surface area contributed by atoms with E-state index in [1.807, 2.05) is 16.8 Å². The Labute approximate surface area is 133 Å². The van der Waals surface area contributed by atoms with Crippen LogP contribution in [-0.2, 0) is 21.1 Å². The fraction of sp³-hybridized carbons (Fsp3) is 0.429. The Morgan fingerprint density at radius 1 is 1.45 bits per heavy atom. The van der Waals surface area contributed by atoms with Crippen molar-refractivity contribution in [3.8, 4) is 11.5 Å². The van der Waals surface area contributed by atoms with E-state index in [0.29, 0.717) is 30.3 Å². The fourth-order valence-corrected chi connectivity index (χ4v) is 3.18. The van der Waals surface area contributed by atoms with Crippen LogP contribution in [0.15, 0.2) is 21.2 Å². The van der Waals surface area contributed by atoms with Crippen molar-refractivity contribution in [2.45, 2.75) is 19.8 Å². The van der Waals surface area contributed by atoms with Crippen molar-refractivity contribution in [3.05, 3.63) is 28.3 Å². The average Bonchev–Trinajstić information content (AvgIpc) is 3.04. The van der Waals surface area contributed by atoms with Crippen molar-refractivity contribution < 1.29 is 17.6 Å². The highest BCUT2D eigenvalue weighted by atomic mass is 32.2. The molecule has 2 aromatic heterocycles. The highest BCUT2D eigenvalue weighted by Crippen LogP contribution is 2.23. The first-order valence-corrected chi connectivity index (χ1v) is 9.79. The van der Waals surface area contributed by atoms with E-state index in [-0.39, 0.29) is 18.1 Å². The normalized spacial score (nSPS) is 11.5. The Kier molecular flexibility index (Phi) is 5.36. The summed E-state index contributed by atoms with van der Waals surface area (Å²) in [4.78, 5) is 16.2. The molecular weight excluding hydrogens is 324 g/mol. The molecule has 0 aromatic carbocycles. The number of hydrogen-bond donors (Lipinski definition) is 1. The molecule has 2 aromatic rings. The van der Waals surface area contributed by atoms with Crippen LogP contribution in [0, 0.1) is 6.92 Å². The lowest BCUT2D eigenvalue weighted by Crippen LogP contribution is -2.27. The van der Waals surface area contributed by atoms with Crippen molar-refractivity contribution >= 4 is 27.1 Å². The summed E-state index contributed by atoms with van der Waals surface area (Å²) in [5.41, 5.74) is 1.50. The quantitative estimate of drug-likeness (QED) is 0.775. The van der Waals surface area contributed by atoms with E-state index in [9.17, 15) is 13.2 Å². The zero-order chi connectivity index (χ0) is 16.2. The minimum atomic E-state index is -2.99. The fourth-order valence-electron chi connectivity index (χ4n) is 1.88. The Morgan fingerprint density at radius 3 is 2.86 bits per heavy atom. The van der Waals surface area contributed by atoms with E-state index in [0.717, 1.165) is 5.56 Å². The zero-order valence-electron chi connectivity index (χ0n) is 12.5. The number of aryl methyl sites for hydroxylation is 1. The van der Waals surface area contributed by atoms with Crippen LogP contribution in [0.25, 0.3) is 11.5 Å². The molecule has 0 saturated carbocycles. The first-order chi connectivity index (χ1) is 10.3. The van der Waals surface area contributed by atoms with E-state index >= 15 is 0 Å². The molecular formula is C14H18N2O4S2. The maximum Gasteiger partial charge on any atom is 0.227 e. The molecule has 120 valence electrons. The van der Waals surface area contributed by atoms with Gasteiger partial charge in [0.15, 0.2) is 0 Å². The van der Waals surface area contributed by atoms with Gasteiger partial charge in [-0.25, -0.2) is 13.4 Å². The van der Waals surface area contributed by atoms with Crippen LogP contribution in [0.3, 0.4) is 0 Å². The number of nitrogens with one attached hydrogen (secondary N) is 1. The van der Waals surface area contributed by atoms with Gasteiger partial charge in [-0.3, -0.25) is 4.79 Å². The summed E-state index contributed by atoms with van der Waals surface area (Å²) in [7, 11) is -2.99. The molecule has 0 radical (unpaired) electrons.